The lowest BCUT2D eigenvalue weighted by Crippen LogP contribution is -2.17. The number of benzene rings is 2. The molecule has 3 rings (SSSR count). The Hall–Kier alpha value is -2.83. The highest BCUT2D eigenvalue weighted by Crippen LogP contribution is 2.46. The van der Waals surface area contributed by atoms with Crippen LogP contribution in [-0.2, 0) is 0 Å². The van der Waals surface area contributed by atoms with Crippen molar-refractivity contribution < 1.29 is 23.9 Å². The molecule has 0 aliphatic heterocycles. The molecule has 0 saturated carbocycles. The van der Waals surface area contributed by atoms with Crippen molar-refractivity contribution in [2.75, 3.05) is 14.2 Å². The van der Waals surface area contributed by atoms with E-state index in [2.05, 4.69) is 0 Å². The van der Waals surface area contributed by atoms with E-state index in [0.717, 1.165) is 17.3 Å². The Morgan fingerprint density at radius 3 is 2.34 bits per heavy atom. The van der Waals surface area contributed by atoms with Gasteiger partial charge in [-0.15, -0.1) is 0 Å². The van der Waals surface area contributed by atoms with Crippen molar-refractivity contribution in [1.29, 1.82) is 0 Å². The van der Waals surface area contributed by atoms with Gasteiger partial charge in [0.1, 0.15) is 11.5 Å². The van der Waals surface area contributed by atoms with Gasteiger partial charge in [-0.3, -0.25) is 14.4 Å². The zero-order valence-electron chi connectivity index (χ0n) is 18.2. The summed E-state index contributed by atoms with van der Waals surface area (Å²) in [6.45, 7) is 3.94. The number of carbonyl (C=O) groups is 3. The molecule has 1 atom stereocenters. The normalized spacial score (nSPS) is 13.4. The van der Waals surface area contributed by atoms with E-state index < -0.39 is 0 Å². The lowest BCUT2D eigenvalue weighted by atomic mass is 9.89. The molecule has 2 aromatic carbocycles. The fourth-order valence-corrected chi connectivity index (χ4v) is 4.68. The molecule has 0 bridgehead atoms. The summed E-state index contributed by atoms with van der Waals surface area (Å²) in [5.74, 6) is -0.118. The molecule has 32 heavy (non-hydrogen) atoms. The molecule has 0 heterocycles. The van der Waals surface area contributed by atoms with Crippen LogP contribution in [0.15, 0.2) is 54.1 Å². The predicted octanol–water partition coefficient (Wildman–Crippen LogP) is 6.26. The van der Waals surface area contributed by atoms with E-state index in [1.807, 2.05) is 19.9 Å². The number of ketones is 2. The van der Waals surface area contributed by atoms with Crippen LogP contribution in [0.3, 0.4) is 0 Å². The summed E-state index contributed by atoms with van der Waals surface area (Å²) in [4.78, 5) is 38.3. The van der Waals surface area contributed by atoms with Gasteiger partial charge in [-0.1, -0.05) is 47.1 Å². The van der Waals surface area contributed by atoms with Gasteiger partial charge in [0.15, 0.2) is 11.6 Å². The minimum Gasteiger partial charge on any atom is -0.496 e. The molecule has 1 aliphatic carbocycles. The van der Waals surface area contributed by atoms with Crippen molar-refractivity contribution in [1.82, 2.24) is 0 Å². The highest BCUT2D eigenvalue weighted by molar-refractivity contribution is 8.14. The largest absolute Gasteiger partial charge is 0.496 e. The first-order valence-electron chi connectivity index (χ1n) is 9.92. The Labute approximate surface area is 196 Å². The number of rotatable bonds is 7. The van der Waals surface area contributed by atoms with Crippen molar-refractivity contribution in [3.63, 3.8) is 0 Å². The van der Waals surface area contributed by atoms with Gasteiger partial charge in [0, 0.05) is 21.4 Å². The molecule has 7 heteroatoms. The van der Waals surface area contributed by atoms with E-state index in [0.29, 0.717) is 22.6 Å². The molecule has 166 valence electrons. The van der Waals surface area contributed by atoms with Crippen LogP contribution in [0.1, 0.15) is 62.2 Å². The monoisotopic (exact) mass is 470 g/mol. The number of methoxy groups -OCH3 is 2. The molecular weight excluding hydrogens is 448 g/mol. The Bertz CT molecular complexity index is 1150. The highest BCUT2D eigenvalue weighted by atomic mass is 35.5. The molecule has 0 radical (unpaired) electrons. The summed E-state index contributed by atoms with van der Waals surface area (Å²) in [6, 6.07) is 8.44. The van der Waals surface area contributed by atoms with Crippen LogP contribution in [0.5, 0.6) is 11.5 Å². The molecule has 0 spiro atoms. The number of carbonyl (C=O) groups excluding carboxylic acids is 3. The van der Waals surface area contributed by atoms with Gasteiger partial charge in [-0.2, -0.15) is 0 Å². The quantitative estimate of drug-likeness (QED) is 0.444. The van der Waals surface area contributed by atoms with Gasteiger partial charge >= 0.3 is 0 Å². The first-order valence-corrected chi connectivity index (χ1v) is 11.2. The van der Waals surface area contributed by atoms with Crippen LogP contribution < -0.4 is 9.47 Å². The van der Waals surface area contributed by atoms with Crippen LogP contribution in [0, 0.1) is 0 Å². The van der Waals surface area contributed by atoms with Crippen LogP contribution in [0.2, 0.25) is 5.02 Å². The summed E-state index contributed by atoms with van der Waals surface area (Å²) >= 11 is 7.17. The van der Waals surface area contributed by atoms with E-state index in [9.17, 15) is 14.4 Å². The zero-order chi connectivity index (χ0) is 23.4. The second-order valence-corrected chi connectivity index (χ2v) is 9.05. The number of ether oxygens (including phenoxy) is 2. The molecule has 2 aromatic rings. The second kappa shape index (κ2) is 10.2. The maximum absolute atomic E-state index is 13.1. The molecule has 0 aromatic heterocycles. The number of hydrogen-bond donors (Lipinski definition) is 0. The summed E-state index contributed by atoms with van der Waals surface area (Å²) < 4.78 is 11.1. The summed E-state index contributed by atoms with van der Waals surface area (Å²) in [5, 5.41) is -0.0822. The lowest BCUT2D eigenvalue weighted by molar-refractivity contribution is 0.0988. The third-order valence-corrected chi connectivity index (χ3v) is 6.39. The first-order chi connectivity index (χ1) is 15.3. The third-order valence-electron chi connectivity index (χ3n) is 4.97. The molecule has 5 nitrogen and oxygen atoms in total. The molecule has 0 N–H and O–H groups in total. The molecule has 1 unspecified atom stereocenters. The number of allylic oxidation sites excluding steroid dienone is 4. The summed E-state index contributed by atoms with van der Waals surface area (Å²) in [7, 11) is 2.89. The fraction of sp³-hybridized carbons (Fsp3) is 0.240. The number of hydrogen-bond acceptors (Lipinski definition) is 6. The van der Waals surface area contributed by atoms with E-state index in [1.54, 1.807) is 30.3 Å². The van der Waals surface area contributed by atoms with Crippen LogP contribution in [0.4, 0.5) is 0 Å². The van der Waals surface area contributed by atoms with E-state index >= 15 is 0 Å². The van der Waals surface area contributed by atoms with Gasteiger partial charge in [0.05, 0.1) is 25.3 Å². The molecule has 0 saturated heterocycles. The lowest BCUT2D eigenvalue weighted by Gasteiger charge is -2.24. The maximum atomic E-state index is 13.1. The van der Waals surface area contributed by atoms with Gasteiger partial charge in [-0.25, -0.2) is 0 Å². The zero-order valence-corrected chi connectivity index (χ0v) is 19.8. The highest BCUT2D eigenvalue weighted by Gasteiger charge is 2.32. The van der Waals surface area contributed by atoms with E-state index in [4.69, 9.17) is 21.1 Å². The van der Waals surface area contributed by atoms with Gasteiger partial charge < -0.3 is 9.47 Å². The standard InChI is InChI=1S/C25H23ClO5S/c1-14(2)8-11-21(32-25(29)15-6-5-7-16(26)12-15)17-13-20(30-3)22-18(27)9-10-19(28)23(22)24(17)31-4/h5-10,12-13,21H,11H2,1-4H3. The predicted molar refractivity (Wildman–Crippen MR) is 128 cm³/mol. The fourth-order valence-electron chi connectivity index (χ4n) is 3.47. The maximum Gasteiger partial charge on any atom is 0.220 e. The van der Waals surface area contributed by atoms with Crippen molar-refractivity contribution in [3.8, 4) is 11.5 Å². The van der Waals surface area contributed by atoms with Crippen molar-refractivity contribution in [3.05, 3.63) is 81.4 Å². The Balaban J connectivity index is 2.15. The van der Waals surface area contributed by atoms with Crippen molar-refractivity contribution in [2.24, 2.45) is 0 Å². The average molecular weight is 471 g/mol. The van der Waals surface area contributed by atoms with Gasteiger partial charge in [-0.05, 0) is 50.6 Å². The topological polar surface area (TPSA) is 69.7 Å². The minimum atomic E-state index is -0.390. The second-order valence-electron chi connectivity index (χ2n) is 7.43. The molecule has 0 amide bonds. The Morgan fingerprint density at radius 1 is 1.06 bits per heavy atom. The smallest absolute Gasteiger partial charge is 0.220 e. The molecule has 1 aliphatic rings. The Kier molecular flexibility index (Phi) is 7.59. The van der Waals surface area contributed by atoms with Crippen LogP contribution in [-0.4, -0.2) is 30.9 Å². The van der Waals surface area contributed by atoms with Crippen LogP contribution in [0.25, 0.3) is 0 Å². The third kappa shape index (κ3) is 4.97. The van der Waals surface area contributed by atoms with E-state index in [-0.39, 0.29) is 44.6 Å². The summed E-state index contributed by atoms with van der Waals surface area (Å²) in [6.07, 6.45) is 4.98. The first kappa shape index (κ1) is 23.8. The number of fused-ring (bicyclic) bond motifs is 1. The van der Waals surface area contributed by atoms with E-state index in [1.165, 1.54) is 26.4 Å². The van der Waals surface area contributed by atoms with Gasteiger partial charge in [0.25, 0.3) is 0 Å². The van der Waals surface area contributed by atoms with Crippen molar-refractivity contribution >= 4 is 40.0 Å². The SMILES string of the molecule is COc1cc(C(CC=C(C)C)SC(=O)c2cccc(Cl)c2)c(OC)c2c1C(=O)C=CC2=O. The molecular formula is C25H23ClO5S. The number of halogens is 1. The minimum absolute atomic E-state index is 0.160. The summed E-state index contributed by atoms with van der Waals surface area (Å²) in [5.41, 5.74) is 2.50. The van der Waals surface area contributed by atoms with Crippen LogP contribution >= 0.6 is 23.4 Å². The molecule has 0 fully saturated rings. The van der Waals surface area contributed by atoms with Gasteiger partial charge in [0.2, 0.25) is 5.12 Å². The van der Waals surface area contributed by atoms with Crippen molar-refractivity contribution in [2.45, 2.75) is 25.5 Å². The Morgan fingerprint density at radius 2 is 1.75 bits per heavy atom. The number of thioether (sulfide) groups is 1. The average Bonchev–Trinajstić information content (AvgIpc) is 2.77.